The molecular formula is C24H33N3O2S. The molecule has 1 aromatic heterocycles. The van der Waals surface area contributed by atoms with Crippen LogP contribution in [0, 0.1) is 11.3 Å². The minimum atomic E-state index is -0.126. The molecule has 1 fully saturated rings. The van der Waals surface area contributed by atoms with E-state index in [1.54, 1.807) is 0 Å². The second-order valence-electron chi connectivity index (χ2n) is 9.03. The number of carbonyl (C=O) groups is 2. The molecule has 0 aliphatic heterocycles. The molecule has 0 bridgehead atoms. The second-order valence-corrected chi connectivity index (χ2v) is 9.97. The monoisotopic (exact) mass is 427 g/mol. The highest BCUT2D eigenvalue weighted by molar-refractivity contribution is 7.12. The number of amides is 2. The first-order chi connectivity index (χ1) is 14.4. The van der Waals surface area contributed by atoms with Gasteiger partial charge in [-0.25, -0.2) is 0 Å². The van der Waals surface area contributed by atoms with Gasteiger partial charge in [0.1, 0.15) is 0 Å². The predicted octanol–water partition coefficient (Wildman–Crippen LogP) is 4.89. The minimum absolute atomic E-state index is 0.100. The van der Waals surface area contributed by atoms with Gasteiger partial charge in [0.05, 0.1) is 4.88 Å². The van der Waals surface area contributed by atoms with E-state index in [9.17, 15) is 9.59 Å². The highest BCUT2D eigenvalue weighted by Crippen LogP contribution is 2.28. The van der Waals surface area contributed by atoms with Gasteiger partial charge in [0.25, 0.3) is 5.91 Å². The summed E-state index contributed by atoms with van der Waals surface area (Å²) >= 11 is 1.42. The summed E-state index contributed by atoms with van der Waals surface area (Å²) in [5, 5.41) is 4.81. The Kier molecular flexibility index (Phi) is 7.67. The van der Waals surface area contributed by atoms with Crippen LogP contribution in [0.25, 0.3) is 0 Å². The third-order valence-corrected chi connectivity index (χ3v) is 6.64. The molecule has 0 unspecified atom stereocenters. The number of anilines is 1. The highest BCUT2D eigenvalue weighted by atomic mass is 32.1. The molecule has 1 aliphatic carbocycles. The van der Waals surface area contributed by atoms with Gasteiger partial charge >= 0.3 is 0 Å². The van der Waals surface area contributed by atoms with Crippen molar-refractivity contribution in [3.8, 4) is 0 Å². The maximum absolute atomic E-state index is 13.3. The summed E-state index contributed by atoms with van der Waals surface area (Å²) in [4.78, 5) is 28.2. The third-order valence-electron chi connectivity index (χ3n) is 5.77. The van der Waals surface area contributed by atoms with E-state index in [0.29, 0.717) is 24.5 Å². The maximum atomic E-state index is 13.3. The summed E-state index contributed by atoms with van der Waals surface area (Å²) < 4.78 is 0. The zero-order chi connectivity index (χ0) is 21.6. The lowest BCUT2D eigenvalue weighted by Crippen LogP contribution is -2.44. The Morgan fingerprint density at radius 3 is 2.43 bits per heavy atom. The van der Waals surface area contributed by atoms with Gasteiger partial charge in [-0.3, -0.25) is 9.59 Å². The lowest BCUT2D eigenvalue weighted by molar-refractivity contribution is -0.138. The third kappa shape index (κ3) is 6.16. The second kappa shape index (κ2) is 10.2. The first kappa shape index (κ1) is 22.5. The van der Waals surface area contributed by atoms with Crippen molar-refractivity contribution in [1.82, 2.24) is 4.90 Å². The number of benzene rings is 1. The SMILES string of the molecule is CC(C)(CN)CN(Cc1ccc(NC(=O)c2cccs2)cc1)C(=O)C1CCCCC1. The van der Waals surface area contributed by atoms with Gasteiger partial charge in [-0.15, -0.1) is 11.3 Å². The van der Waals surface area contributed by atoms with Gasteiger partial charge in [0, 0.05) is 24.7 Å². The lowest BCUT2D eigenvalue weighted by Gasteiger charge is -2.35. The van der Waals surface area contributed by atoms with E-state index in [4.69, 9.17) is 5.73 Å². The van der Waals surface area contributed by atoms with Crippen molar-refractivity contribution < 1.29 is 9.59 Å². The molecule has 162 valence electrons. The van der Waals surface area contributed by atoms with Crippen molar-refractivity contribution in [1.29, 1.82) is 0 Å². The Labute approximate surface area is 183 Å². The molecule has 3 N–H and O–H groups in total. The smallest absolute Gasteiger partial charge is 0.265 e. The molecule has 2 aromatic rings. The van der Waals surface area contributed by atoms with Crippen LogP contribution in [0.2, 0.25) is 0 Å². The maximum Gasteiger partial charge on any atom is 0.265 e. The van der Waals surface area contributed by atoms with Crippen LogP contribution >= 0.6 is 11.3 Å². The molecule has 1 aliphatic rings. The molecule has 2 amide bonds. The molecule has 0 saturated heterocycles. The minimum Gasteiger partial charge on any atom is -0.338 e. The molecule has 1 aromatic carbocycles. The van der Waals surface area contributed by atoms with Crippen molar-refractivity contribution in [3.63, 3.8) is 0 Å². The van der Waals surface area contributed by atoms with E-state index in [1.165, 1.54) is 17.8 Å². The van der Waals surface area contributed by atoms with Gasteiger partial charge in [0.2, 0.25) is 5.91 Å². The Morgan fingerprint density at radius 2 is 1.83 bits per heavy atom. The summed E-state index contributed by atoms with van der Waals surface area (Å²) in [7, 11) is 0. The number of nitrogens with zero attached hydrogens (tertiary/aromatic N) is 1. The van der Waals surface area contributed by atoms with E-state index in [2.05, 4.69) is 19.2 Å². The summed E-state index contributed by atoms with van der Waals surface area (Å²) in [5.41, 5.74) is 7.64. The van der Waals surface area contributed by atoms with Gasteiger partial charge in [-0.05, 0) is 53.9 Å². The molecule has 5 nitrogen and oxygen atoms in total. The molecule has 6 heteroatoms. The van der Waals surface area contributed by atoms with Crippen LogP contribution in [0.1, 0.15) is 61.2 Å². The normalized spacial score (nSPS) is 15.0. The van der Waals surface area contributed by atoms with E-state index in [0.717, 1.165) is 36.9 Å². The molecule has 0 atom stereocenters. The van der Waals surface area contributed by atoms with E-state index >= 15 is 0 Å². The number of thiophene rings is 1. The summed E-state index contributed by atoms with van der Waals surface area (Å²) in [6.07, 6.45) is 5.50. The molecule has 1 saturated carbocycles. The topological polar surface area (TPSA) is 75.4 Å². The van der Waals surface area contributed by atoms with Crippen LogP contribution in [-0.4, -0.2) is 29.8 Å². The van der Waals surface area contributed by atoms with Crippen molar-refractivity contribution in [2.24, 2.45) is 17.1 Å². The van der Waals surface area contributed by atoms with Crippen LogP contribution in [0.5, 0.6) is 0 Å². The number of hydrogen-bond acceptors (Lipinski definition) is 4. The largest absolute Gasteiger partial charge is 0.338 e. The van der Waals surface area contributed by atoms with Gasteiger partial charge in [-0.1, -0.05) is 51.3 Å². The molecule has 30 heavy (non-hydrogen) atoms. The summed E-state index contributed by atoms with van der Waals surface area (Å²) in [5.74, 6) is 0.291. The van der Waals surface area contributed by atoms with Gasteiger partial charge < -0.3 is 16.0 Å². The molecular weight excluding hydrogens is 394 g/mol. The van der Waals surface area contributed by atoms with Crippen molar-refractivity contribution >= 4 is 28.8 Å². The highest BCUT2D eigenvalue weighted by Gasteiger charge is 2.29. The standard InChI is InChI=1S/C24H33N3O2S/c1-24(2,16-25)17-27(23(29)19-7-4-3-5-8-19)15-18-10-12-20(13-11-18)26-22(28)21-9-6-14-30-21/h6,9-14,19H,3-5,7-8,15-17,25H2,1-2H3,(H,26,28). The molecule has 1 heterocycles. The fourth-order valence-electron chi connectivity index (χ4n) is 3.92. The van der Waals surface area contributed by atoms with Crippen LogP contribution in [-0.2, 0) is 11.3 Å². The quantitative estimate of drug-likeness (QED) is 0.629. The number of rotatable bonds is 8. The fraction of sp³-hybridized carbons (Fsp3) is 0.500. The summed E-state index contributed by atoms with van der Waals surface area (Å²) in [6.45, 7) is 5.97. The lowest BCUT2D eigenvalue weighted by atomic mass is 9.87. The average Bonchev–Trinajstić information content (AvgIpc) is 3.30. The molecule has 0 radical (unpaired) electrons. The fourth-order valence-corrected chi connectivity index (χ4v) is 4.53. The van der Waals surface area contributed by atoms with Crippen LogP contribution in [0.3, 0.4) is 0 Å². The van der Waals surface area contributed by atoms with Crippen LogP contribution in [0.15, 0.2) is 41.8 Å². The van der Waals surface area contributed by atoms with Crippen LogP contribution in [0.4, 0.5) is 5.69 Å². The van der Waals surface area contributed by atoms with Gasteiger partial charge in [0.15, 0.2) is 0 Å². The predicted molar refractivity (Wildman–Crippen MR) is 124 cm³/mol. The molecule has 0 spiro atoms. The number of nitrogens with one attached hydrogen (secondary N) is 1. The van der Waals surface area contributed by atoms with E-state index in [1.807, 2.05) is 46.7 Å². The van der Waals surface area contributed by atoms with Crippen molar-refractivity contribution in [3.05, 3.63) is 52.2 Å². The summed E-state index contributed by atoms with van der Waals surface area (Å²) in [6, 6.07) is 11.4. The first-order valence-electron chi connectivity index (χ1n) is 10.8. The van der Waals surface area contributed by atoms with Crippen LogP contribution < -0.4 is 11.1 Å². The van der Waals surface area contributed by atoms with Gasteiger partial charge in [-0.2, -0.15) is 0 Å². The van der Waals surface area contributed by atoms with Crippen molar-refractivity contribution in [2.45, 2.75) is 52.5 Å². The Balaban J connectivity index is 1.68. The number of nitrogens with two attached hydrogens (primary N) is 1. The Hall–Kier alpha value is -2.18. The number of carbonyl (C=O) groups excluding carboxylic acids is 2. The van der Waals surface area contributed by atoms with E-state index < -0.39 is 0 Å². The van der Waals surface area contributed by atoms with Crippen molar-refractivity contribution in [2.75, 3.05) is 18.4 Å². The molecule has 3 rings (SSSR count). The zero-order valence-electron chi connectivity index (χ0n) is 18.0. The number of hydrogen-bond donors (Lipinski definition) is 2. The van der Waals surface area contributed by atoms with E-state index in [-0.39, 0.29) is 23.1 Å². The zero-order valence-corrected chi connectivity index (χ0v) is 18.8. The average molecular weight is 428 g/mol. The Morgan fingerprint density at radius 1 is 1.13 bits per heavy atom. The first-order valence-corrected chi connectivity index (χ1v) is 11.7. The Bertz CT molecular complexity index is 825.